The highest BCUT2D eigenvalue weighted by molar-refractivity contribution is 6.12. The number of para-hydroxylation sites is 1. The van der Waals surface area contributed by atoms with Crippen LogP contribution in [0.15, 0.2) is 72.8 Å². The van der Waals surface area contributed by atoms with Crippen LogP contribution in [-0.4, -0.2) is 16.8 Å². The monoisotopic (exact) mass is 401 g/mol. The van der Waals surface area contributed by atoms with E-state index in [4.69, 9.17) is 0 Å². The van der Waals surface area contributed by atoms with Crippen LogP contribution < -0.4 is 4.90 Å². The summed E-state index contributed by atoms with van der Waals surface area (Å²) in [6.45, 7) is 0.190. The molecule has 0 saturated carbocycles. The third-order valence-corrected chi connectivity index (χ3v) is 6.24. The maximum atomic E-state index is 13.6. The Labute approximate surface area is 173 Å². The zero-order valence-corrected chi connectivity index (χ0v) is 16.2. The van der Waals surface area contributed by atoms with E-state index >= 15 is 0 Å². The number of carbonyl (C=O) groups excluding carboxylic acids is 2. The third kappa shape index (κ3) is 2.70. The van der Waals surface area contributed by atoms with Gasteiger partial charge in [0.2, 0.25) is 0 Å². The van der Waals surface area contributed by atoms with Crippen molar-refractivity contribution in [2.75, 3.05) is 4.90 Å². The van der Waals surface area contributed by atoms with Gasteiger partial charge in [0, 0.05) is 11.1 Å². The number of Topliss-reactive ketones (excluding diaryl/α,β-unsaturated/α-hetero) is 1. The molecular weight excluding hydrogens is 381 g/mol. The first-order valence-electron chi connectivity index (χ1n) is 10.0. The number of hydrogen-bond donors (Lipinski definition) is 1. The number of amides is 1. The largest absolute Gasteiger partial charge is 0.375 e. The summed E-state index contributed by atoms with van der Waals surface area (Å²) in [7, 11) is 0. The summed E-state index contributed by atoms with van der Waals surface area (Å²) in [5.41, 5.74) is 1.38. The number of benzene rings is 3. The van der Waals surface area contributed by atoms with Crippen molar-refractivity contribution in [2.45, 2.75) is 25.0 Å². The van der Waals surface area contributed by atoms with Crippen LogP contribution in [0.1, 0.15) is 33.5 Å². The molecule has 3 aromatic rings. The first-order chi connectivity index (χ1) is 14.5. The third-order valence-electron chi connectivity index (χ3n) is 6.24. The van der Waals surface area contributed by atoms with Crippen molar-refractivity contribution in [3.63, 3.8) is 0 Å². The lowest BCUT2D eigenvalue weighted by molar-refractivity contribution is -0.140. The quantitative estimate of drug-likeness (QED) is 0.722. The zero-order chi connectivity index (χ0) is 20.9. The number of aliphatic hydroxyl groups is 1. The fourth-order valence-corrected chi connectivity index (χ4v) is 4.72. The molecule has 3 aromatic carbocycles. The molecule has 5 rings (SSSR count). The minimum Gasteiger partial charge on any atom is -0.375 e. The Kier molecular flexibility index (Phi) is 4.29. The van der Waals surface area contributed by atoms with Gasteiger partial charge in [-0.3, -0.25) is 9.59 Å². The van der Waals surface area contributed by atoms with Gasteiger partial charge < -0.3 is 10.0 Å². The van der Waals surface area contributed by atoms with Crippen molar-refractivity contribution in [2.24, 2.45) is 5.92 Å². The van der Waals surface area contributed by atoms with Gasteiger partial charge in [-0.1, -0.05) is 54.6 Å². The summed E-state index contributed by atoms with van der Waals surface area (Å²) < 4.78 is 13.3. The smallest absolute Gasteiger partial charge is 0.264 e. The Morgan fingerprint density at radius 1 is 0.967 bits per heavy atom. The van der Waals surface area contributed by atoms with E-state index in [2.05, 4.69) is 0 Å². The summed E-state index contributed by atoms with van der Waals surface area (Å²) in [5, 5.41) is 11.8. The molecule has 0 bridgehead atoms. The van der Waals surface area contributed by atoms with Crippen LogP contribution >= 0.6 is 0 Å². The second kappa shape index (κ2) is 6.89. The minimum absolute atomic E-state index is 0.190. The molecule has 1 heterocycles. The van der Waals surface area contributed by atoms with Gasteiger partial charge in [-0.25, -0.2) is 4.39 Å². The molecule has 2 aliphatic rings. The van der Waals surface area contributed by atoms with Crippen molar-refractivity contribution in [1.82, 2.24) is 0 Å². The Balaban J connectivity index is 1.56. The summed E-state index contributed by atoms with van der Waals surface area (Å²) in [6.07, 6.45) is 1.03. The number of carbonyl (C=O) groups is 2. The van der Waals surface area contributed by atoms with E-state index in [-0.39, 0.29) is 18.1 Å². The average Bonchev–Trinajstić information content (AvgIpc) is 2.98. The predicted molar refractivity (Wildman–Crippen MR) is 111 cm³/mol. The SMILES string of the molecule is O=C1c2ccccc2CC[C@@H]1[C@]1(O)C(=O)N(Cc2ccc(F)cc2)c2ccccc21. The second-order valence-corrected chi connectivity index (χ2v) is 7.91. The lowest BCUT2D eigenvalue weighted by atomic mass is 9.71. The summed E-state index contributed by atoms with van der Waals surface area (Å²) >= 11 is 0. The topological polar surface area (TPSA) is 57.6 Å². The average molecular weight is 401 g/mol. The summed E-state index contributed by atoms with van der Waals surface area (Å²) in [4.78, 5) is 28.4. The molecule has 2 atom stereocenters. The molecule has 1 aliphatic heterocycles. The molecule has 0 fully saturated rings. The van der Waals surface area contributed by atoms with Gasteiger partial charge in [0.05, 0.1) is 18.2 Å². The van der Waals surface area contributed by atoms with Crippen molar-refractivity contribution in [3.05, 3.63) is 101 Å². The molecular formula is C25H20FNO3. The van der Waals surface area contributed by atoms with Gasteiger partial charge in [0.1, 0.15) is 5.82 Å². The fourth-order valence-electron chi connectivity index (χ4n) is 4.72. The number of hydrogen-bond acceptors (Lipinski definition) is 3. The molecule has 1 aliphatic carbocycles. The lowest BCUT2D eigenvalue weighted by Gasteiger charge is -2.34. The van der Waals surface area contributed by atoms with E-state index in [0.29, 0.717) is 29.7 Å². The Hall–Kier alpha value is -3.31. The van der Waals surface area contributed by atoms with Crippen LogP contribution in [0.2, 0.25) is 0 Å². The van der Waals surface area contributed by atoms with Gasteiger partial charge in [0.15, 0.2) is 11.4 Å². The van der Waals surface area contributed by atoms with E-state index in [9.17, 15) is 19.1 Å². The van der Waals surface area contributed by atoms with Crippen LogP contribution in [0, 0.1) is 11.7 Å². The number of aryl methyl sites for hydroxylation is 1. The molecule has 1 N–H and O–H groups in total. The molecule has 30 heavy (non-hydrogen) atoms. The van der Waals surface area contributed by atoms with Crippen molar-refractivity contribution < 1.29 is 19.1 Å². The van der Waals surface area contributed by atoms with Crippen LogP contribution in [0.25, 0.3) is 0 Å². The normalized spacial score (nSPS) is 22.7. The van der Waals surface area contributed by atoms with E-state index < -0.39 is 17.4 Å². The van der Waals surface area contributed by atoms with Crippen molar-refractivity contribution in [1.29, 1.82) is 0 Å². The lowest BCUT2D eigenvalue weighted by Crippen LogP contribution is -2.49. The molecule has 0 saturated heterocycles. The van der Waals surface area contributed by atoms with E-state index in [1.165, 1.54) is 17.0 Å². The van der Waals surface area contributed by atoms with E-state index in [1.807, 2.05) is 12.1 Å². The van der Waals surface area contributed by atoms with E-state index in [0.717, 1.165) is 11.1 Å². The number of fused-ring (bicyclic) bond motifs is 2. The highest BCUT2D eigenvalue weighted by Crippen LogP contribution is 2.48. The highest BCUT2D eigenvalue weighted by Gasteiger charge is 2.57. The van der Waals surface area contributed by atoms with E-state index in [1.54, 1.807) is 48.5 Å². The number of ketones is 1. The number of nitrogens with zero attached hydrogens (tertiary/aromatic N) is 1. The van der Waals surface area contributed by atoms with Gasteiger partial charge in [-0.2, -0.15) is 0 Å². The zero-order valence-electron chi connectivity index (χ0n) is 16.2. The molecule has 0 spiro atoms. The highest BCUT2D eigenvalue weighted by atomic mass is 19.1. The van der Waals surface area contributed by atoms with Crippen LogP contribution in [0.5, 0.6) is 0 Å². The first-order valence-corrected chi connectivity index (χ1v) is 10.0. The number of rotatable bonds is 3. The standard InChI is InChI=1S/C25H20FNO3/c26-18-12-9-16(10-13-18)15-27-22-8-4-3-7-20(22)25(30,24(27)29)21-14-11-17-5-1-2-6-19(17)23(21)28/h1-10,12-13,21,30H,11,14-15H2/t21-,25-/m0/s1. The molecule has 5 heteroatoms. The number of anilines is 1. The molecule has 0 radical (unpaired) electrons. The van der Waals surface area contributed by atoms with Crippen molar-refractivity contribution >= 4 is 17.4 Å². The minimum atomic E-state index is -1.92. The summed E-state index contributed by atoms with van der Waals surface area (Å²) in [6, 6.07) is 20.3. The Morgan fingerprint density at radius 3 is 2.47 bits per heavy atom. The molecule has 1 amide bonds. The number of halogens is 1. The molecule has 150 valence electrons. The maximum Gasteiger partial charge on any atom is 0.264 e. The van der Waals surface area contributed by atoms with Crippen LogP contribution in [0.4, 0.5) is 10.1 Å². The van der Waals surface area contributed by atoms with Gasteiger partial charge in [-0.15, -0.1) is 0 Å². The van der Waals surface area contributed by atoms with Crippen LogP contribution in [-0.2, 0) is 23.4 Å². The Bertz CT molecular complexity index is 1160. The molecule has 0 aromatic heterocycles. The fraction of sp³-hybridized carbons (Fsp3) is 0.200. The molecule has 0 unspecified atom stereocenters. The summed E-state index contributed by atoms with van der Waals surface area (Å²) in [5.74, 6) is -1.91. The van der Waals surface area contributed by atoms with Gasteiger partial charge in [0.25, 0.3) is 5.91 Å². The van der Waals surface area contributed by atoms with Crippen LogP contribution in [0.3, 0.4) is 0 Å². The predicted octanol–water partition coefficient (Wildman–Crippen LogP) is 4.01. The maximum absolute atomic E-state index is 13.6. The first kappa shape index (κ1) is 18.7. The second-order valence-electron chi connectivity index (χ2n) is 7.91. The van der Waals surface area contributed by atoms with Crippen molar-refractivity contribution in [3.8, 4) is 0 Å². The van der Waals surface area contributed by atoms with Gasteiger partial charge in [-0.05, 0) is 42.2 Å². The molecule has 4 nitrogen and oxygen atoms in total. The van der Waals surface area contributed by atoms with Gasteiger partial charge >= 0.3 is 0 Å². The Morgan fingerprint density at radius 2 is 1.67 bits per heavy atom.